The summed E-state index contributed by atoms with van der Waals surface area (Å²) in [5.41, 5.74) is 0.296. The molecule has 0 spiro atoms. The molecule has 1 aliphatic heterocycles. The van der Waals surface area contributed by atoms with Gasteiger partial charge >= 0.3 is 5.97 Å². The first kappa shape index (κ1) is 18.1. The number of carbonyl (C=O) groups is 1. The molecule has 2 aliphatic rings. The van der Waals surface area contributed by atoms with E-state index in [1.807, 2.05) is 0 Å². The minimum Gasteiger partial charge on any atom is -0.462 e. The van der Waals surface area contributed by atoms with E-state index in [1.165, 1.54) is 10.4 Å². The van der Waals surface area contributed by atoms with Gasteiger partial charge in [0.25, 0.3) is 0 Å². The van der Waals surface area contributed by atoms with E-state index in [4.69, 9.17) is 4.74 Å². The Morgan fingerprint density at radius 2 is 1.96 bits per heavy atom. The molecular formula is C19H25NO4S. The molecule has 1 aliphatic carbocycles. The van der Waals surface area contributed by atoms with Crippen molar-refractivity contribution >= 4 is 16.0 Å². The predicted octanol–water partition coefficient (Wildman–Crippen LogP) is 3.37. The summed E-state index contributed by atoms with van der Waals surface area (Å²) in [6.45, 7) is 1.48. The summed E-state index contributed by atoms with van der Waals surface area (Å²) < 4.78 is 32.4. The molecule has 136 valence electrons. The maximum absolute atomic E-state index is 12.7. The molecule has 1 unspecified atom stereocenters. The fourth-order valence-corrected chi connectivity index (χ4v) is 4.89. The Morgan fingerprint density at radius 1 is 1.16 bits per heavy atom. The maximum atomic E-state index is 12.7. The highest BCUT2D eigenvalue weighted by atomic mass is 32.2. The van der Waals surface area contributed by atoms with Crippen LogP contribution in [0.25, 0.3) is 0 Å². The Hall–Kier alpha value is -1.66. The second-order valence-electron chi connectivity index (χ2n) is 6.74. The van der Waals surface area contributed by atoms with Crippen molar-refractivity contribution in [3.63, 3.8) is 0 Å². The molecule has 1 fully saturated rings. The lowest BCUT2D eigenvalue weighted by atomic mass is 9.95. The van der Waals surface area contributed by atoms with E-state index in [0.29, 0.717) is 31.2 Å². The second-order valence-corrected chi connectivity index (χ2v) is 8.68. The molecule has 0 amide bonds. The van der Waals surface area contributed by atoms with Gasteiger partial charge in [-0.2, -0.15) is 4.31 Å². The highest BCUT2D eigenvalue weighted by molar-refractivity contribution is 7.89. The van der Waals surface area contributed by atoms with Gasteiger partial charge in [0.1, 0.15) is 0 Å². The molecule has 0 N–H and O–H groups in total. The van der Waals surface area contributed by atoms with Crippen LogP contribution in [0.5, 0.6) is 0 Å². The van der Waals surface area contributed by atoms with E-state index in [1.54, 1.807) is 18.2 Å². The average molecular weight is 363 g/mol. The minimum atomic E-state index is -3.54. The van der Waals surface area contributed by atoms with Crippen LogP contribution in [0.4, 0.5) is 0 Å². The Bertz CT molecular complexity index is 736. The van der Waals surface area contributed by atoms with Crippen molar-refractivity contribution in [2.24, 2.45) is 5.92 Å². The summed E-state index contributed by atoms with van der Waals surface area (Å²) in [5.74, 6) is -0.0977. The number of ether oxygens (including phenoxy) is 1. The van der Waals surface area contributed by atoms with Crippen molar-refractivity contribution in [2.75, 3.05) is 19.7 Å². The van der Waals surface area contributed by atoms with E-state index in [0.717, 1.165) is 38.5 Å². The van der Waals surface area contributed by atoms with Crippen molar-refractivity contribution in [1.82, 2.24) is 4.31 Å². The van der Waals surface area contributed by atoms with Crippen LogP contribution >= 0.6 is 0 Å². The molecule has 1 heterocycles. The van der Waals surface area contributed by atoms with E-state index < -0.39 is 16.0 Å². The van der Waals surface area contributed by atoms with Crippen molar-refractivity contribution < 1.29 is 17.9 Å². The maximum Gasteiger partial charge on any atom is 0.338 e. The van der Waals surface area contributed by atoms with Crippen molar-refractivity contribution in [3.05, 3.63) is 42.0 Å². The quantitative estimate of drug-likeness (QED) is 0.594. The number of esters is 1. The number of sulfonamides is 1. The van der Waals surface area contributed by atoms with E-state index >= 15 is 0 Å². The predicted molar refractivity (Wildman–Crippen MR) is 95.8 cm³/mol. The second kappa shape index (κ2) is 8.15. The molecule has 1 atom stereocenters. The average Bonchev–Trinajstić information content (AvgIpc) is 2.67. The molecule has 1 aromatic rings. The van der Waals surface area contributed by atoms with Gasteiger partial charge in [-0.05, 0) is 56.2 Å². The van der Waals surface area contributed by atoms with Gasteiger partial charge in [-0.15, -0.1) is 0 Å². The number of allylic oxidation sites excluding steroid dienone is 2. The topological polar surface area (TPSA) is 63.7 Å². The molecule has 3 rings (SSSR count). The van der Waals surface area contributed by atoms with Gasteiger partial charge in [-0.3, -0.25) is 0 Å². The zero-order valence-electron chi connectivity index (χ0n) is 14.4. The smallest absolute Gasteiger partial charge is 0.338 e. The van der Waals surface area contributed by atoms with Crippen LogP contribution in [0.1, 0.15) is 48.9 Å². The molecule has 5 nitrogen and oxygen atoms in total. The Morgan fingerprint density at radius 3 is 2.68 bits per heavy atom. The van der Waals surface area contributed by atoms with Gasteiger partial charge in [-0.25, -0.2) is 13.2 Å². The molecule has 0 bridgehead atoms. The molecule has 6 heteroatoms. The molecule has 0 aromatic heterocycles. The van der Waals surface area contributed by atoms with Crippen LogP contribution in [-0.4, -0.2) is 38.4 Å². The zero-order valence-corrected chi connectivity index (χ0v) is 15.2. The number of benzene rings is 1. The first-order valence-electron chi connectivity index (χ1n) is 9.00. The lowest BCUT2D eigenvalue weighted by molar-refractivity contribution is 0.0432. The summed E-state index contributed by atoms with van der Waals surface area (Å²) in [5, 5.41) is 0. The lowest BCUT2D eigenvalue weighted by Crippen LogP contribution is -2.35. The van der Waals surface area contributed by atoms with Crippen molar-refractivity contribution in [3.8, 4) is 0 Å². The van der Waals surface area contributed by atoms with Gasteiger partial charge in [-0.1, -0.05) is 24.6 Å². The lowest BCUT2D eigenvalue weighted by Gasteiger charge is -2.26. The van der Waals surface area contributed by atoms with Crippen LogP contribution in [-0.2, 0) is 14.8 Å². The zero-order chi connectivity index (χ0) is 17.7. The van der Waals surface area contributed by atoms with Gasteiger partial charge in [0, 0.05) is 13.1 Å². The molecule has 25 heavy (non-hydrogen) atoms. The van der Waals surface area contributed by atoms with Gasteiger partial charge < -0.3 is 4.74 Å². The number of piperidine rings is 1. The summed E-state index contributed by atoms with van der Waals surface area (Å²) in [6.07, 6.45) is 10.1. The summed E-state index contributed by atoms with van der Waals surface area (Å²) >= 11 is 0. The van der Waals surface area contributed by atoms with Crippen LogP contribution in [0, 0.1) is 5.92 Å². The third kappa shape index (κ3) is 4.50. The Labute approximate surface area is 149 Å². The Kier molecular flexibility index (Phi) is 5.91. The van der Waals surface area contributed by atoms with E-state index in [2.05, 4.69) is 12.2 Å². The molecule has 1 saturated heterocycles. The molecule has 1 aromatic carbocycles. The molecular weight excluding hydrogens is 338 g/mol. The number of hydrogen-bond donors (Lipinski definition) is 0. The first-order valence-corrected chi connectivity index (χ1v) is 10.4. The van der Waals surface area contributed by atoms with Crippen molar-refractivity contribution in [1.29, 1.82) is 0 Å². The van der Waals surface area contributed by atoms with Gasteiger partial charge in [0.05, 0.1) is 17.1 Å². The van der Waals surface area contributed by atoms with Gasteiger partial charge in [0.15, 0.2) is 0 Å². The summed E-state index contributed by atoms with van der Waals surface area (Å²) in [6, 6.07) is 6.20. The standard InChI is InChI=1S/C19H25NO4S/c21-19(24-15-16-8-3-1-4-9-16)17-10-7-11-18(14-17)25(22,23)20-12-5-2-6-13-20/h1,3,7,10-11,14,16H,2,4-6,8-9,12-13,15H2. The fourth-order valence-electron chi connectivity index (χ4n) is 3.32. The van der Waals surface area contributed by atoms with Crippen LogP contribution in [0.2, 0.25) is 0 Å². The largest absolute Gasteiger partial charge is 0.462 e. The van der Waals surface area contributed by atoms with Gasteiger partial charge in [0.2, 0.25) is 10.0 Å². The summed E-state index contributed by atoms with van der Waals surface area (Å²) in [4.78, 5) is 12.5. The Balaban J connectivity index is 1.67. The number of rotatable bonds is 5. The van der Waals surface area contributed by atoms with Crippen molar-refractivity contribution in [2.45, 2.75) is 43.4 Å². The number of carbonyl (C=O) groups excluding carboxylic acids is 1. The first-order chi connectivity index (χ1) is 12.1. The number of nitrogens with zero attached hydrogens (tertiary/aromatic N) is 1. The normalized spacial score (nSPS) is 21.8. The molecule has 0 radical (unpaired) electrons. The van der Waals surface area contributed by atoms with Crippen LogP contribution in [0.3, 0.4) is 0 Å². The van der Waals surface area contributed by atoms with E-state index in [-0.39, 0.29) is 4.90 Å². The monoisotopic (exact) mass is 363 g/mol. The third-order valence-corrected chi connectivity index (χ3v) is 6.74. The third-order valence-electron chi connectivity index (χ3n) is 4.85. The minimum absolute atomic E-state index is 0.171. The van der Waals surface area contributed by atoms with E-state index in [9.17, 15) is 13.2 Å². The van der Waals surface area contributed by atoms with Crippen LogP contribution < -0.4 is 0 Å². The van der Waals surface area contributed by atoms with Crippen LogP contribution in [0.15, 0.2) is 41.3 Å². The highest BCUT2D eigenvalue weighted by Crippen LogP contribution is 2.22. The summed E-state index contributed by atoms with van der Waals surface area (Å²) in [7, 11) is -3.54. The fraction of sp³-hybridized carbons (Fsp3) is 0.526. The molecule has 0 saturated carbocycles. The number of hydrogen-bond acceptors (Lipinski definition) is 4. The SMILES string of the molecule is O=C(OCC1CC=CCC1)c1cccc(S(=O)(=O)N2CCCCC2)c1. The highest BCUT2D eigenvalue weighted by Gasteiger charge is 2.26.